The smallest absolute Gasteiger partial charge is 0.209 e. The van der Waals surface area contributed by atoms with Gasteiger partial charge >= 0.3 is 0 Å². The molecule has 2 aliphatic heterocycles. The SMILES string of the molecule is C1CCNC1.COc1cc(-c2cnn(C3CCN(C=O)CC3)c2)cn2ncc(C#N)c12. The highest BCUT2D eigenvalue weighted by molar-refractivity contribution is 5.74. The number of carbonyl (C=O) groups is 1. The second-order valence-corrected chi connectivity index (χ2v) is 7.80. The minimum Gasteiger partial charge on any atom is -0.494 e. The Morgan fingerprint density at radius 1 is 1.16 bits per heavy atom. The van der Waals surface area contributed by atoms with Gasteiger partial charge in [-0.1, -0.05) is 0 Å². The number of ether oxygens (including phenoxy) is 1. The van der Waals surface area contributed by atoms with Crippen LogP contribution in [0, 0.1) is 11.3 Å². The minimum absolute atomic E-state index is 0.292. The topological polar surface area (TPSA) is 100 Å². The first-order valence-electron chi connectivity index (χ1n) is 10.6. The molecule has 1 amide bonds. The van der Waals surface area contributed by atoms with Crippen molar-refractivity contribution >= 4 is 11.9 Å². The lowest BCUT2D eigenvalue weighted by Gasteiger charge is -2.29. The number of hydrogen-bond donors (Lipinski definition) is 1. The van der Waals surface area contributed by atoms with Crippen molar-refractivity contribution in [2.45, 2.75) is 31.7 Å². The van der Waals surface area contributed by atoms with E-state index < -0.39 is 0 Å². The molecule has 3 aromatic rings. The van der Waals surface area contributed by atoms with Crippen LogP contribution < -0.4 is 10.1 Å². The van der Waals surface area contributed by atoms with Gasteiger partial charge in [-0.25, -0.2) is 4.52 Å². The van der Waals surface area contributed by atoms with Crippen LogP contribution in [0.25, 0.3) is 16.6 Å². The Balaban J connectivity index is 0.000000407. The van der Waals surface area contributed by atoms with Crippen LogP contribution in [0.5, 0.6) is 5.75 Å². The van der Waals surface area contributed by atoms with Crippen LogP contribution >= 0.6 is 0 Å². The van der Waals surface area contributed by atoms with Gasteiger partial charge in [-0.3, -0.25) is 9.48 Å². The summed E-state index contributed by atoms with van der Waals surface area (Å²) in [5, 5.41) is 21.2. The summed E-state index contributed by atoms with van der Waals surface area (Å²) in [7, 11) is 1.58. The number of carbonyl (C=O) groups excluding carboxylic acids is 1. The zero-order chi connectivity index (χ0) is 21.6. The Kier molecular flexibility index (Phi) is 6.48. The molecular weight excluding hydrogens is 394 g/mol. The highest BCUT2D eigenvalue weighted by Crippen LogP contribution is 2.30. The number of amides is 1. The fourth-order valence-corrected chi connectivity index (χ4v) is 4.05. The Labute approximate surface area is 181 Å². The normalized spacial score (nSPS) is 16.6. The van der Waals surface area contributed by atoms with E-state index in [1.807, 2.05) is 29.3 Å². The number of nitriles is 1. The van der Waals surface area contributed by atoms with Crippen LogP contribution in [0.2, 0.25) is 0 Å². The third kappa shape index (κ3) is 4.54. The number of nitrogens with zero attached hydrogens (tertiary/aromatic N) is 6. The molecule has 0 aromatic carbocycles. The second-order valence-electron chi connectivity index (χ2n) is 7.80. The van der Waals surface area contributed by atoms with E-state index in [-0.39, 0.29) is 0 Å². The first-order chi connectivity index (χ1) is 15.2. The number of methoxy groups -OCH3 is 1. The zero-order valence-electron chi connectivity index (χ0n) is 17.7. The number of piperidine rings is 1. The lowest BCUT2D eigenvalue weighted by atomic mass is 10.1. The molecule has 9 nitrogen and oxygen atoms in total. The summed E-state index contributed by atoms with van der Waals surface area (Å²) >= 11 is 0. The van der Waals surface area contributed by atoms with E-state index in [9.17, 15) is 10.1 Å². The van der Waals surface area contributed by atoms with Crippen molar-refractivity contribution in [2.75, 3.05) is 33.3 Å². The Morgan fingerprint density at radius 3 is 2.55 bits per heavy atom. The molecule has 0 atom stereocenters. The first kappa shape index (κ1) is 20.9. The Hall–Kier alpha value is -3.38. The molecule has 0 aliphatic carbocycles. The number of likely N-dealkylation sites (tertiary alicyclic amines) is 1. The molecule has 0 bridgehead atoms. The molecule has 0 radical (unpaired) electrons. The standard InChI is InChI=1S/C18H18N6O2.C4H9N/c1-26-17-6-13(10-24-18(17)14(7-19)8-21-24)15-9-20-23(11-15)16-2-4-22(12-25)5-3-16;1-2-4-5-3-1/h6,8-12,16H,2-5H2,1H3;5H,1-4H2. The number of nitrogens with one attached hydrogen (secondary N) is 1. The molecule has 0 unspecified atom stereocenters. The van der Waals surface area contributed by atoms with Crippen molar-refractivity contribution in [3.05, 3.63) is 36.4 Å². The summed E-state index contributed by atoms with van der Waals surface area (Å²) in [4.78, 5) is 12.6. The molecule has 3 aromatic heterocycles. The van der Waals surface area contributed by atoms with E-state index in [1.54, 1.807) is 16.5 Å². The quantitative estimate of drug-likeness (QED) is 0.649. The summed E-state index contributed by atoms with van der Waals surface area (Å²) in [6, 6.07) is 4.32. The summed E-state index contributed by atoms with van der Waals surface area (Å²) in [5.41, 5.74) is 3.01. The van der Waals surface area contributed by atoms with Crippen LogP contribution in [0.15, 0.2) is 30.9 Å². The van der Waals surface area contributed by atoms with E-state index in [2.05, 4.69) is 21.6 Å². The van der Waals surface area contributed by atoms with Gasteiger partial charge in [0, 0.05) is 36.6 Å². The monoisotopic (exact) mass is 421 g/mol. The minimum atomic E-state index is 0.292. The van der Waals surface area contributed by atoms with Crippen molar-refractivity contribution < 1.29 is 9.53 Å². The summed E-state index contributed by atoms with van der Waals surface area (Å²) < 4.78 is 9.09. The van der Waals surface area contributed by atoms with Gasteiger partial charge in [0.2, 0.25) is 6.41 Å². The van der Waals surface area contributed by atoms with E-state index >= 15 is 0 Å². The molecule has 9 heteroatoms. The third-order valence-electron chi connectivity index (χ3n) is 5.83. The Morgan fingerprint density at radius 2 is 1.94 bits per heavy atom. The molecule has 2 aliphatic rings. The largest absolute Gasteiger partial charge is 0.494 e. The van der Waals surface area contributed by atoms with Gasteiger partial charge in [0.15, 0.2) is 0 Å². The van der Waals surface area contributed by atoms with Gasteiger partial charge in [-0.05, 0) is 44.8 Å². The molecule has 31 heavy (non-hydrogen) atoms. The van der Waals surface area contributed by atoms with Crippen molar-refractivity contribution in [3.63, 3.8) is 0 Å². The van der Waals surface area contributed by atoms with Gasteiger partial charge in [0.25, 0.3) is 0 Å². The first-order valence-corrected chi connectivity index (χ1v) is 10.6. The molecule has 2 fully saturated rings. The lowest BCUT2D eigenvalue weighted by molar-refractivity contribution is -0.119. The van der Waals surface area contributed by atoms with Gasteiger partial charge in [-0.15, -0.1) is 0 Å². The summed E-state index contributed by atoms with van der Waals surface area (Å²) in [6.45, 7) is 4.01. The number of aromatic nitrogens is 4. The predicted octanol–water partition coefficient (Wildman–Crippen LogP) is 2.24. The molecule has 5 heterocycles. The van der Waals surface area contributed by atoms with Gasteiger partial charge in [0.05, 0.1) is 25.5 Å². The Bertz CT molecular complexity index is 1060. The number of fused-ring (bicyclic) bond motifs is 1. The van der Waals surface area contributed by atoms with Gasteiger partial charge in [-0.2, -0.15) is 15.5 Å². The second kappa shape index (κ2) is 9.62. The highest BCUT2D eigenvalue weighted by atomic mass is 16.5. The van der Waals surface area contributed by atoms with Crippen LogP contribution in [0.4, 0.5) is 0 Å². The van der Waals surface area contributed by atoms with E-state index in [0.29, 0.717) is 22.9 Å². The van der Waals surface area contributed by atoms with Gasteiger partial charge in [0.1, 0.15) is 22.9 Å². The van der Waals surface area contributed by atoms with Crippen LogP contribution in [0.1, 0.15) is 37.3 Å². The lowest BCUT2D eigenvalue weighted by Crippen LogP contribution is -2.33. The number of rotatable bonds is 4. The molecule has 0 spiro atoms. The van der Waals surface area contributed by atoms with Crippen molar-refractivity contribution in [1.82, 2.24) is 29.6 Å². The van der Waals surface area contributed by atoms with Gasteiger partial charge < -0.3 is 15.0 Å². The molecule has 2 saturated heterocycles. The zero-order valence-corrected chi connectivity index (χ0v) is 17.7. The summed E-state index contributed by atoms with van der Waals surface area (Å²) in [5.74, 6) is 0.601. The van der Waals surface area contributed by atoms with Crippen molar-refractivity contribution in [3.8, 4) is 22.9 Å². The number of hydrogen-bond acceptors (Lipinski definition) is 6. The molecule has 162 valence electrons. The maximum atomic E-state index is 10.8. The van der Waals surface area contributed by atoms with E-state index in [4.69, 9.17) is 4.74 Å². The molecule has 5 rings (SSSR count). The third-order valence-corrected chi connectivity index (χ3v) is 5.83. The van der Waals surface area contributed by atoms with Crippen LogP contribution in [-0.2, 0) is 4.79 Å². The van der Waals surface area contributed by atoms with E-state index in [1.165, 1.54) is 32.1 Å². The van der Waals surface area contributed by atoms with Crippen molar-refractivity contribution in [1.29, 1.82) is 5.26 Å². The molecule has 0 saturated carbocycles. The molecular formula is C22H27N7O2. The van der Waals surface area contributed by atoms with Crippen LogP contribution in [0.3, 0.4) is 0 Å². The highest BCUT2D eigenvalue weighted by Gasteiger charge is 2.21. The fraction of sp³-hybridized carbons (Fsp3) is 0.455. The maximum Gasteiger partial charge on any atom is 0.209 e. The molecule has 1 N–H and O–H groups in total. The summed E-state index contributed by atoms with van der Waals surface area (Å²) in [6.07, 6.45) is 12.7. The van der Waals surface area contributed by atoms with Crippen LogP contribution in [-0.4, -0.2) is 64.0 Å². The maximum absolute atomic E-state index is 10.8. The average molecular weight is 422 g/mol. The predicted molar refractivity (Wildman–Crippen MR) is 116 cm³/mol. The number of pyridine rings is 1. The van der Waals surface area contributed by atoms with Crippen molar-refractivity contribution in [2.24, 2.45) is 0 Å². The van der Waals surface area contributed by atoms with E-state index in [0.717, 1.165) is 43.5 Å². The average Bonchev–Trinajstić information content (AvgIpc) is 3.60. The fourth-order valence-electron chi connectivity index (χ4n) is 4.05.